The molecule has 16 N–H and O–H groups in total. The summed E-state index contributed by atoms with van der Waals surface area (Å²) in [4.78, 5) is 36.7. The van der Waals surface area contributed by atoms with E-state index in [0.29, 0.717) is 0 Å². The molecule has 26 heteroatoms. The van der Waals surface area contributed by atoms with Crippen LogP contribution in [-0.4, -0.2) is 244 Å². The summed E-state index contributed by atoms with van der Waals surface area (Å²) in [5.41, 5.74) is 0. The quantitative estimate of drug-likeness (QED) is 0.0728. The zero-order valence-corrected chi connectivity index (χ0v) is 30.4. The molecule has 330 valence electrons. The number of carboxylic acid groups (broad SMARTS) is 1. The number of hydrogen-bond acceptors (Lipinski definition) is 23. The summed E-state index contributed by atoms with van der Waals surface area (Å²) < 4.78 is 39.7. The maximum atomic E-state index is 12.6. The van der Waals surface area contributed by atoms with E-state index in [1.54, 1.807) is 0 Å². The summed E-state index contributed by atoms with van der Waals surface area (Å²) in [6.45, 7) is -2.10. The number of rotatable bonds is 15. The summed E-state index contributed by atoms with van der Waals surface area (Å²) in [6, 6.07) is -3.48. The highest BCUT2D eigenvalue weighted by Gasteiger charge is 2.58. The van der Waals surface area contributed by atoms with Gasteiger partial charge in [0, 0.05) is 20.3 Å². The molecule has 4 fully saturated rings. The van der Waals surface area contributed by atoms with Gasteiger partial charge in [-0.2, -0.15) is 0 Å². The molecule has 0 aliphatic carbocycles. The van der Waals surface area contributed by atoms with Crippen molar-refractivity contribution in [1.82, 2.24) is 10.6 Å². The van der Waals surface area contributed by atoms with Crippen LogP contribution in [0.1, 0.15) is 20.3 Å². The van der Waals surface area contributed by atoms with Gasteiger partial charge in [0.05, 0.1) is 38.6 Å². The summed E-state index contributed by atoms with van der Waals surface area (Å²) in [5, 5.41) is 151. The minimum atomic E-state index is -3.15. The Morgan fingerprint density at radius 2 is 1.18 bits per heavy atom. The van der Waals surface area contributed by atoms with Crippen LogP contribution in [0.2, 0.25) is 0 Å². The Bertz CT molecular complexity index is 1350. The first kappa shape index (κ1) is 47.3. The summed E-state index contributed by atoms with van der Waals surface area (Å²) in [6.07, 6.45) is -36.0. The Labute approximate surface area is 322 Å². The predicted octanol–water partition coefficient (Wildman–Crippen LogP) is -10.3. The average Bonchev–Trinajstić information content (AvgIpc) is 3.15. The summed E-state index contributed by atoms with van der Waals surface area (Å²) in [7, 11) is 0. The van der Waals surface area contributed by atoms with Crippen molar-refractivity contribution in [3.05, 3.63) is 0 Å². The van der Waals surface area contributed by atoms with E-state index >= 15 is 0 Å². The molecule has 0 aromatic carbocycles. The molecular weight excluding hydrogens is 784 g/mol. The molecule has 57 heavy (non-hydrogen) atoms. The normalized spacial score (nSPS) is 45.1. The van der Waals surface area contributed by atoms with E-state index in [4.69, 9.17) is 33.2 Å². The van der Waals surface area contributed by atoms with Crippen LogP contribution in [0.5, 0.6) is 0 Å². The molecule has 4 saturated heterocycles. The van der Waals surface area contributed by atoms with E-state index < -0.39 is 179 Å². The highest BCUT2D eigenvalue weighted by atomic mass is 16.8. The molecule has 21 unspecified atom stereocenters. The standard InChI is InChI=1S/C31H52N2O24/c1-8(38)32-15-10(40)3-31(50,30(48)49)57-25(15)23(11(41)4-34)54-27-16(33-9(2)39)24(19(44)14(7-37)51-27)55-29-26(21(46)18(43)13(6-36)53-29)56-28-22(47)20(45)17(42)12(5-35)52-28/h10-29,34-37,40-47,50H,3-7H2,1-2H3,(H,32,38)(H,33,39)(H,48,49). The van der Waals surface area contributed by atoms with Gasteiger partial charge in [-0.05, 0) is 0 Å². The fraction of sp³-hybridized carbons (Fsp3) is 0.903. The van der Waals surface area contributed by atoms with Crippen LogP contribution in [0.15, 0.2) is 0 Å². The third kappa shape index (κ3) is 10.3. The van der Waals surface area contributed by atoms with Gasteiger partial charge in [0.15, 0.2) is 18.9 Å². The Morgan fingerprint density at radius 3 is 1.70 bits per heavy atom. The molecule has 21 atom stereocenters. The van der Waals surface area contributed by atoms with Gasteiger partial charge < -0.3 is 115 Å². The van der Waals surface area contributed by atoms with E-state index in [-0.39, 0.29) is 0 Å². The lowest BCUT2D eigenvalue weighted by atomic mass is 9.88. The first-order valence-corrected chi connectivity index (χ1v) is 17.7. The van der Waals surface area contributed by atoms with Gasteiger partial charge in [0.2, 0.25) is 11.8 Å². The lowest BCUT2D eigenvalue weighted by molar-refractivity contribution is -0.385. The number of aliphatic hydroxyl groups excluding tert-OH is 12. The average molecular weight is 837 g/mol. The molecule has 26 nitrogen and oxygen atoms in total. The molecule has 4 aliphatic heterocycles. The monoisotopic (exact) mass is 836 g/mol. The van der Waals surface area contributed by atoms with Crippen molar-refractivity contribution in [3.8, 4) is 0 Å². The Morgan fingerprint density at radius 1 is 0.684 bits per heavy atom. The van der Waals surface area contributed by atoms with Crippen molar-refractivity contribution in [1.29, 1.82) is 0 Å². The number of hydrogen-bond donors (Lipinski definition) is 16. The maximum Gasteiger partial charge on any atom is 0.364 e. The molecule has 4 rings (SSSR count). The molecule has 0 saturated carbocycles. The Kier molecular flexibility index (Phi) is 16.4. The van der Waals surface area contributed by atoms with Crippen molar-refractivity contribution in [3.63, 3.8) is 0 Å². The molecule has 4 aliphatic rings. The number of carbonyl (C=O) groups is 3. The Balaban J connectivity index is 1.75. The van der Waals surface area contributed by atoms with E-state index in [1.807, 2.05) is 0 Å². The SMILES string of the molecule is CC(=O)NC1C(OC(C(O)CO)C2OC(O)(C(=O)O)CC(O)C2NC(C)=O)OC(CO)C(O)C1OC1OC(CO)C(O)C(O)C1OC1OC(CO)C(O)C(O)C1O. The third-order valence-electron chi connectivity index (χ3n) is 9.95. The van der Waals surface area contributed by atoms with Crippen molar-refractivity contribution >= 4 is 17.8 Å². The summed E-state index contributed by atoms with van der Waals surface area (Å²) >= 11 is 0. The number of nitrogens with one attached hydrogen (secondary N) is 2. The van der Waals surface area contributed by atoms with Crippen molar-refractivity contribution in [2.24, 2.45) is 0 Å². The van der Waals surface area contributed by atoms with Gasteiger partial charge in [0.1, 0.15) is 91.5 Å². The van der Waals surface area contributed by atoms with Crippen LogP contribution in [0, 0.1) is 0 Å². The molecule has 0 aromatic heterocycles. The number of aliphatic carboxylic acids is 1. The molecule has 2 amide bonds. The second kappa shape index (κ2) is 19.8. The zero-order chi connectivity index (χ0) is 42.7. The van der Waals surface area contributed by atoms with E-state index in [9.17, 15) is 85.9 Å². The zero-order valence-electron chi connectivity index (χ0n) is 30.4. The number of amides is 2. The van der Waals surface area contributed by atoms with E-state index in [2.05, 4.69) is 10.6 Å². The largest absolute Gasteiger partial charge is 0.477 e. The number of carboxylic acids is 1. The lowest BCUT2D eigenvalue weighted by Crippen LogP contribution is -2.71. The molecular formula is C31H52N2O24. The molecule has 4 heterocycles. The second-order valence-electron chi connectivity index (χ2n) is 14.1. The maximum absolute atomic E-state index is 12.6. The van der Waals surface area contributed by atoms with Crippen LogP contribution < -0.4 is 10.6 Å². The van der Waals surface area contributed by atoms with Crippen LogP contribution in [0.4, 0.5) is 0 Å². The van der Waals surface area contributed by atoms with E-state index in [0.717, 1.165) is 13.8 Å². The fourth-order valence-corrected chi connectivity index (χ4v) is 6.98. The van der Waals surface area contributed by atoms with Crippen molar-refractivity contribution in [2.75, 3.05) is 26.4 Å². The number of carbonyl (C=O) groups excluding carboxylic acids is 2. The number of ether oxygens (including phenoxy) is 7. The highest BCUT2D eigenvalue weighted by molar-refractivity contribution is 5.76. The lowest BCUT2D eigenvalue weighted by Gasteiger charge is -2.50. The van der Waals surface area contributed by atoms with Crippen molar-refractivity contribution in [2.45, 2.75) is 149 Å². The minimum absolute atomic E-state index is 0.811. The Hall–Kier alpha value is -2.39. The summed E-state index contributed by atoms with van der Waals surface area (Å²) in [5.74, 6) is -6.86. The highest BCUT2D eigenvalue weighted by Crippen LogP contribution is 2.36. The number of aliphatic hydroxyl groups is 13. The first-order valence-electron chi connectivity index (χ1n) is 17.7. The van der Waals surface area contributed by atoms with Crippen LogP contribution in [0.25, 0.3) is 0 Å². The van der Waals surface area contributed by atoms with Gasteiger partial charge in [-0.3, -0.25) is 9.59 Å². The van der Waals surface area contributed by atoms with E-state index in [1.165, 1.54) is 0 Å². The minimum Gasteiger partial charge on any atom is -0.477 e. The predicted molar refractivity (Wildman–Crippen MR) is 174 cm³/mol. The van der Waals surface area contributed by atoms with Crippen molar-refractivity contribution < 1.29 is 119 Å². The smallest absolute Gasteiger partial charge is 0.364 e. The van der Waals surface area contributed by atoms with Crippen LogP contribution in [0.3, 0.4) is 0 Å². The molecule has 0 aromatic rings. The van der Waals surface area contributed by atoms with Gasteiger partial charge in [-0.25, -0.2) is 4.79 Å². The van der Waals surface area contributed by atoms with Crippen LogP contribution >= 0.6 is 0 Å². The molecule has 0 radical (unpaired) electrons. The van der Waals surface area contributed by atoms with Gasteiger partial charge >= 0.3 is 5.97 Å². The molecule has 0 spiro atoms. The van der Waals surface area contributed by atoms with Gasteiger partial charge in [-0.15, -0.1) is 0 Å². The van der Waals surface area contributed by atoms with Crippen LogP contribution in [-0.2, 0) is 47.5 Å². The van der Waals surface area contributed by atoms with Gasteiger partial charge in [-0.1, -0.05) is 0 Å². The molecule has 0 bridgehead atoms. The first-order chi connectivity index (χ1) is 26.7. The van der Waals surface area contributed by atoms with Gasteiger partial charge in [0.25, 0.3) is 5.79 Å². The fourth-order valence-electron chi connectivity index (χ4n) is 6.98. The topological polar surface area (TPSA) is 423 Å². The third-order valence-corrected chi connectivity index (χ3v) is 9.95. The second-order valence-corrected chi connectivity index (χ2v) is 14.1.